The van der Waals surface area contributed by atoms with Crippen LogP contribution in [-0.2, 0) is 19.3 Å². The Morgan fingerprint density at radius 1 is 1.22 bits per heavy atom. The Morgan fingerprint density at radius 2 is 1.94 bits per heavy atom. The zero-order valence-electron chi connectivity index (χ0n) is 11.1. The van der Waals surface area contributed by atoms with Crippen molar-refractivity contribution in [1.82, 2.24) is 4.90 Å². The van der Waals surface area contributed by atoms with Gasteiger partial charge in [-0.05, 0) is 19.4 Å². The van der Waals surface area contributed by atoms with Crippen molar-refractivity contribution in [2.75, 3.05) is 44.4 Å². The van der Waals surface area contributed by atoms with Crippen molar-refractivity contribution >= 4 is 9.84 Å². The van der Waals surface area contributed by atoms with E-state index < -0.39 is 15.6 Å². The van der Waals surface area contributed by atoms with Crippen molar-refractivity contribution in [3.63, 3.8) is 0 Å². The Labute approximate surface area is 109 Å². The van der Waals surface area contributed by atoms with E-state index in [1.54, 1.807) is 0 Å². The first kappa shape index (κ1) is 14.2. The third kappa shape index (κ3) is 3.66. The molecule has 2 aliphatic heterocycles. The molecule has 106 valence electrons. The van der Waals surface area contributed by atoms with Crippen LogP contribution in [0.15, 0.2) is 0 Å². The Balaban J connectivity index is 1.83. The molecule has 0 bridgehead atoms. The first-order valence-electron chi connectivity index (χ1n) is 6.76. The largest absolute Gasteiger partial charge is 0.346 e. The van der Waals surface area contributed by atoms with Gasteiger partial charge in [-0.3, -0.25) is 4.90 Å². The van der Waals surface area contributed by atoms with E-state index in [0.29, 0.717) is 38.5 Å². The molecule has 0 saturated carbocycles. The summed E-state index contributed by atoms with van der Waals surface area (Å²) in [5.41, 5.74) is 0. The molecule has 0 unspecified atom stereocenters. The summed E-state index contributed by atoms with van der Waals surface area (Å²) in [6.07, 6.45) is 2.62. The number of hydrogen-bond donors (Lipinski definition) is 0. The summed E-state index contributed by atoms with van der Waals surface area (Å²) >= 11 is 0. The molecule has 18 heavy (non-hydrogen) atoms. The van der Waals surface area contributed by atoms with Gasteiger partial charge in [0.05, 0.1) is 25.5 Å². The van der Waals surface area contributed by atoms with Crippen LogP contribution in [0.3, 0.4) is 0 Å². The zero-order chi connectivity index (χ0) is 13.1. The van der Waals surface area contributed by atoms with Crippen molar-refractivity contribution in [2.45, 2.75) is 32.0 Å². The predicted octanol–water partition coefficient (Wildman–Crippen LogP) is 0.650. The van der Waals surface area contributed by atoms with Crippen molar-refractivity contribution < 1.29 is 17.9 Å². The van der Waals surface area contributed by atoms with Gasteiger partial charge in [0.25, 0.3) is 0 Å². The molecule has 6 heteroatoms. The molecule has 0 amide bonds. The van der Waals surface area contributed by atoms with Crippen LogP contribution in [0.25, 0.3) is 0 Å². The fourth-order valence-corrected chi connectivity index (χ4v) is 4.04. The van der Waals surface area contributed by atoms with E-state index in [1.807, 2.05) is 6.92 Å². The molecular weight excluding hydrogens is 254 g/mol. The SMILES string of the molecule is CCCS(=O)(=O)CCN1CCCC2(C1)OCCO2. The number of ether oxygens (including phenoxy) is 2. The highest BCUT2D eigenvalue weighted by Gasteiger charge is 2.40. The molecule has 2 aliphatic rings. The summed E-state index contributed by atoms with van der Waals surface area (Å²) in [6.45, 7) is 5.44. The lowest BCUT2D eigenvalue weighted by Crippen LogP contribution is -2.50. The van der Waals surface area contributed by atoms with Gasteiger partial charge in [0.1, 0.15) is 0 Å². The van der Waals surface area contributed by atoms with Gasteiger partial charge in [0.15, 0.2) is 15.6 Å². The summed E-state index contributed by atoms with van der Waals surface area (Å²) in [7, 11) is -2.89. The maximum absolute atomic E-state index is 11.7. The van der Waals surface area contributed by atoms with E-state index in [2.05, 4.69) is 4.90 Å². The molecule has 2 saturated heterocycles. The van der Waals surface area contributed by atoms with Crippen molar-refractivity contribution in [1.29, 1.82) is 0 Å². The molecule has 2 rings (SSSR count). The zero-order valence-corrected chi connectivity index (χ0v) is 11.9. The van der Waals surface area contributed by atoms with Gasteiger partial charge < -0.3 is 9.47 Å². The van der Waals surface area contributed by atoms with Crippen LogP contribution < -0.4 is 0 Å². The lowest BCUT2D eigenvalue weighted by molar-refractivity contribution is -0.188. The summed E-state index contributed by atoms with van der Waals surface area (Å²) in [5.74, 6) is 0.0860. The molecule has 0 N–H and O–H groups in total. The second kappa shape index (κ2) is 5.86. The quantitative estimate of drug-likeness (QED) is 0.738. The lowest BCUT2D eigenvalue weighted by Gasteiger charge is -2.38. The molecule has 0 aromatic rings. The van der Waals surface area contributed by atoms with Gasteiger partial charge >= 0.3 is 0 Å². The highest BCUT2D eigenvalue weighted by molar-refractivity contribution is 7.91. The normalized spacial score (nSPS) is 24.7. The second-order valence-corrected chi connectivity index (χ2v) is 7.44. The van der Waals surface area contributed by atoms with Gasteiger partial charge in [0.2, 0.25) is 0 Å². The minimum absolute atomic E-state index is 0.247. The van der Waals surface area contributed by atoms with E-state index in [1.165, 1.54) is 0 Å². The van der Waals surface area contributed by atoms with Crippen molar-refractivity contribution in [3.8, 4) is 0 Å². The third-order valence-corrected chi connectivity index (χ3v) is 5.38. The van der Waals surface area contributed by atoms with E-state index >= 15 is 0 Å². The van der Waals surface area contributed by atoms with E-state index in [0.717, 1.165) is 19.4 Å². The van der Waals surface area contributed by atoms with Crippen LogP contribution in [0.1, 0.15) is 26.2 Å². The Hall–Kier alpha value is -0.170. The van der Waals surface area contributed by atoms with Crippen LogP contribution in [0.4, 0.5) is 0 Å². The van der Waals surface area contributed by atoms with Gasteiger partial charge in [-0.15, -0.1) is 0 Å². The topological polar surface area (TPSA) is 55.8 Å². The highest BCUT2D eigenvalue weighted by atomic mass is 32.2. The molecular formula is C12H23NO4S. The number of piperidine rings is 1. The smallest absolute Gasteiger partial charge is 0.181 e. The maximum Gasteiger partial charge on any atom is 0.181 e. The monoisotopic (exact) mass is 277 g/mol. The summed E-state index contributed by atoms with van der Waals surface area (Å²) in [6, 6.07) is 0. The average Bonchev–Trinajstić information content (AvgIpc) is 2.75. The van der Waals surface area contributed by atoms with Crippen LogP contribution in [0.5, 0.6) is 0 Å². The number of hydrogen-bond acceptors (Lipinski definition) is 5. The molecule has 0 radical (unpaired) electrons. The van der Waals surface area contributed by atoms with E-state index in [-0.39, 0.29) is 5.75 Å². The molecule has 1 spiro atoms. The predicted molar refractivity (Wildman–Crippen MR) is 69.3 cm³/mol. The third-order valence-electron chi connectivity index (χ3n) is 3.54. The number of nitrogens with zero attached hydrogens (tertiary/aromatic N) is 1. The van der Waals surface area contributed by atoms with Crippen LogP contribution >= 0.6 is 0 Å². The molecule has 2 fully saturated rings. The summed E-state index contributed by atoms with van der Waals surface area (Å²) in [4.78, 5) is 2.15. The van der Waals surface area contributed by atoms with Crippen LogP contribution in [0, 0.1) is 0 Å². The van der Waals surface area contributed by atoms with Gasteiger partial charge in [-0.1, -0.05) is 6.92 Å². The molecule has 5 nitrogen and oxygen atoms in total. The minimum Gasteiger partial charge on any atom is -0.346 e. The molecule has 0 aromatic heterocycles. The van der Waals surface area contributed by atoms with Gasteiger partial charge in [-0.25, -0.2) is 8.42 Å². The molecule has 0 aromatic carbocycles. The average molecular weight is 277 g/mol. The first-order chi connectivity index (χ1) is 8.55. The summed E-state index contributed by atoms with van der Waals surface area (Å²) < 4.78 is 34.7. The van der Waals surface area contributed by atoms with Crippen molar-refractivity contribution in [2.24, 2.45) is 0 Å². The lowest BCUT2D eigenvalue weighted by atomic mass is 10.0. The maximum atomic E-state index is 11.7. The second-order valence-electron chi connectivity index (χ2n) is 5.14. The minimum atomic E-state index is -2.89. The summed E-state index contributed by atoms with van der Waals surface area (Å²) in [5, 5.41) is 0. The fraction of sp³-hybridized carbons (Fsp3) is 1.00. The van der Waals surface area contributed by atoms with E-state index in [4.69, 9.17) is 9.47 Å². The molecule has 2 heterocycles. The molecule has 0 atom stereocenters. The first-order valence-corrected chi connectivity index (χ1v) is 8.58. The number of sulfone groups is 1. The Kier molecular flexibility index (Phi) is 4.64. The van der Waals surface area contributed by atoms with Gasteiger partial charge in [-0.2, -0.15) is 0 Å². The van der Waals surface area contributed by atoms with Crippen molar-refractivity contribution in [3.05, 3.63) is 0 Å². The Morgan fingerprint density at radius 3 is 2.61 bits per heavy atom. The fourth-order valence-electron chi connectivity index (χ4n) is 2.68. The van der Waals surface area contributed by atoms with E-state index in [9.17, 15) is 8.42 Å². The van der Waals surface area contributed by atoms with Crippen LogP contribution in [-0.4, -0.2) is 63.5 Å². The Bertz CT molecular complexity index is 362. The molecule has 0 aliphatic carbocycles. The highest BCUT2D eigenvalue weighted by Crippen LogP contribution is 2.29. The van der Waals surface area contributed by atoms with Gasteiger partial charge in [0, 0.05) is 18.7 Å². The van der Waals surface area contributed by atoms with Crippen LogP contribution in [0.2, 0.25) is 0 Å². The number of rotatable bonds is 5. The number of likely N-dealkylation sites (tertiary alicyclic amines) is 1. The standard InChI is InChI=1S/C12H23NO4S/c1-2-9-18(14,15)10-6-13-5-3-4-12(11-13)16-7-8-17-12/h2-11H2,1H3.